The number of benzene rings is 1. The molecule has 2 heterocycles. The molecule has 1 unspecified atom stereocenters. The van der Waals surface area contributed by atoms with Gasteiger partial charge < -0.3 is 15.2 Å². The molecule has 1 atom stereocenters. The minimum absolute atomic E-state index is 0.142. The van der Waals surface area contributed by atoms with Crippen molar-refractivity contribution in [1.82, 2.24) is 15.2 Å². The lowest BCUT2D eigenvalue weighted by molar-refractivity contribution is 0.0698. The van der Waals surface area contributed by atoms with Crippen molar-refractivity contribution < 1.29 is 4.79 Å². The number of hydrogen-bond donors (Lipinski definition) is 2. The summed E-state index contributed by atoms with van der Waals surface area (Å²) in [6.45, 7) is 1.67. The van der Waals surface area contributed by atoms with Crippen molar-refractivity contribution in [2.45, 2.75) is 18.9 Å². The van der Waals surface area contributed by atoms with Gasteiger partial charge >= 0.3 is 0 Å². The molecule has 1 fully saturated rings. The SMILES string of the molecule is CNC1CCCN(C(=O)c2ccc3[nH]ccc3c2)C1. The van der Waals surface area contributed by atoms with Gasteiger partial charge in [-0.05, 0) is 44.2 Å². The van der Waals surface area contributed by atoms with Gasteiger partial charge in [0.05, 0.1) is 0 Å². The number of nitrogens with one attached hydrogen (secondary N) is 2. The van der Waals surface area contributed by atoms with Crippen LogP contribution in [0.25, 0.3) is 10.9 Å². The largest absolute Gasteiger partial charge is 0.361 e. The van der Waals surface area contributed by atoms with Gasteiger partial charge in [0, 0.05) is 41.8 Å². The second-order valence-electron chi connectivity index (χ2n) is 5.16. The predicted octanol–water partition coefficient (Wildman–Crippen LogP) is 1.99. The van der Waals surface area contributed by atoms with E-state index in [0.29, 0.717) is 6.04 Å². The lowest BCUT2D eigenvalue weighted by Crippen LogP contribution is -2.46. The minimum Gasteiger partial charge on any atom is -0.361 e. The fraction of sp³-hybridized carbons (Fsp3) is 0.400. The molecule has 2 aromatic rings. The molecule has 3 rings (SSSR count). The molecule has 1 aliphatic heterocycles. The third-order valence-electron chi connectivity index (χ3n) is 3.92. The number of nitrogens with zero attached hydrogens (tertiary/aromatic N) is 1. The topological polar surface area (TPSA) is 48.1 Å². The van der Waals surface area contributed by atoms with Gasteiger partial charge in [-0.15, -0.1) is 0 Å². The van der Waals surface area contributed by atoms with Crippen LogP contribution in [-0.4, -0.2) is 42.0 Å². The van der Waals surface area contributed by atoms with Crippen molar-refractivity contribution in [1.29, 1.82) is 0 Å². The molecule has 1 saturated heterocycles. The summed E-state index contributed by atoms with van der Waals surface area (Å²) in [4.78, 5) is 17.6. The summed E-state index contributed by atoms with van der Waals surface area (Å²) in [6, 6.07) is 8.27. The highest BCUT2D eigenvalue weighted by atomic mass is 16.2. The molecule has 1 aliphatic rings. The lowest BCUT2D eigenvalue weighted by atomic mass is 10.0. The van der Waals surface area contributed by atoms with Crippen molar-refractivity contribution in [3.8, 4) is 0 Å². The van der Waals surface area contributed by atoms with E-state index in [1.54, 1.807) is 0 Å². The van der Waals surface area contributed by atoms with Crippen LogP contribution in [0, 0.1) is 0 Å². The van der Waals surface area contributed by atoms with Gasteiger partial charge in [-0.1, -0.05) is 0 Å². The Hall–Kier alpha value is -1.81. The molecule has 100 valence electrons. The summed E-state index contributed by atoms with van der Waals surface area (Å²) in [5.41, 5.74) is 1.85. The molecule has 2 N–H and O–H groups in total. The monoisotopic (exact) mass is 257 g/mol. The van der Waals surface area contributed by atoms with Gasteiger partial charge in [0.1, 0.15) is 0 Å². The van der Waals surface area contributed by atoms with Gasteiger partial charge in [0.15, 0.2) is 0 Å². The number of likely N-dealkylation sites (N-methyl/N-ethyl adjacent to an activating group) is 1. The van der Waals surface area contributed by atoms with Crippen LogP contribution in [0.2, 0.25) is 0 Å². The molecular formula is C15H19N3O. The summed E-state index contributed by atoms with van der Waals surface area (Å²) < 4.78 is 0. The Morgan fingerprint density at radius 2 is 2.32 bits per heavy atom. The van der Waals surface area contributed by atoms with Crippen LogP contribution >= 0.6 is 0 Å². The Morgan fingerprint density at radius 3 is 3.16 bits per heavy atom. The van der Waals surface area contributed by atoms with Gasteiger partial charge in [-0.2, -0.15) is 0 Å². The molecule has 4 nitrogen and oxygen atoms in total. The van der Waals surface area contributed by atoms with Crippen LogP contribution in [0.1, 0.15) is 23.2 Å². The third kappa shape index (κ3) is 2.36. The summed E-state index contributed by atoms with van der Waals surface area (Å²) in [7, 11) is 1.96. The summed E-state index contributed by atoms with van der Waals surface area (Å²) in [6.07, 6.45) is 4.12. The zero-order valence-electron chi connectivity index (χ0n) is 11.1. The molecule has 0 aliphatic carbocycles. The quantitative estimate of drug-likeness (QED) is 0.864. The van der Waals surface area contributed by atoms with Crippen LogP contribution in [0.15, 0.2) is 30.5 Å². The summed E-state index contributed by atoms with van der Waals surface area (Å²) in [5.74, 6) is 0.142. The number of amides is 1. The lowest BCUT2D eigenvalue weighted by Gasteiger charge is -2.32. The van der Waals surface area contributed by atoms with Gasteiger partial charge in [-0.3, -0.25) is 4.79 Å². The van der Waals surface area contributed by atoms with Crippen LogP contribution < -0.4 is 5.32 Å². The number of aromatic amines is 1. The standard InChI is InChI=1S/C15H19N3O/c1-16-13-3-2-8-18(10-13)15(19)12-4-5-14-11(9-12)6-7-17-14/h4-7,9,13,16-17H,2-3,8,10H2,1H3. The van der Waals surface area contributed by atoms with Crippen molar-refractivity contribution in [2.24, 2.45) is 0 Å². The first kappa shape index (κ1) is 12.2. The fourth-order valence-electron chi connectivity index (χ4n) is 2.77. The molecule has 0 spiro atoms. The smallest absolute Gasteiger partial charge is 0.253 e. The van der Waals surface area contributed by atoms with E-state index in [0.717, 1.165) is 42.4 Å². The fourth-order valence-corrected chi connectivity index (χ4v) is 2.77. The number of H-pyrrole nitrogens is 1. The average molecular weight is 257 g/mol. The highest BCUT2D eigenvalue weighted by molar-refractivity contribution is 5.98. The van der Waals surface area contributed by atoms with Crippen molar-refractivity contribution in [3.63, 3.8) is 0 Å². The number of hydrogen-bond acceptors (Lipinski definition) is 2. The van der Waals surface area contributed by atoms with E-state index in [1.165, 1.54) is 0 Å². The predicted molar refractivity (Wildman–Crippen MR) is 76.3 cm³/mol. The Kier molecular flexibility index (Phi) is 3.25. The number of fused-ring (bicyclic) bond motifs is 1. The number of aromatic nitrogens is 1. The average Bonchev–Trinajstić information content (AvgIpc) is 2.94. The van der Waals surface area contributed by atoms with Crippen LogP contribution in [0.4, 0.5) is 0 Å². The molecule has 4 heteroatoms. The van der Waals surface area contributed by atoms with Crippen LogP contribution in [0.5, 0.6) is 0 Å². The molecule has 0 bridgehead atoms. The summed E-state index contributed by atoms with van der Waals surface area (Å²) in [5, 5.41) is 4.36. The number of piperidine rings is 1. The first-order valence-electron chi connectivity index (χ1n) is 6.81. The molecule has 1 amide bonds. The number of carbonyl (C=O) groups excluding carboxylic acids is 1. The Bertz CT molecular complexity index is 590. The second-order valence-corrected chi connectivity index (χ2v) is 5.16. The second kappa shape index (κ2) is 5.05. The number of carbonyl (C=O) groups is 1. The maximum atomic E-state index is 12.5. The van der Waals surface area contributed by atoms with E-state index in [4.69, 9.17) is 0 Å². The highest BCUT2D eigenvalue weighted by Crippen LogP contribution is 2.18. The van der Waals surface area contributed by atoms with E-state index in [2.05, 4.69) is 10.3 Å². The van der Waals surface area contributed by atoms with E-state index < -0.39 is 0 Å². The zero-order valence-corrected chi connectivity index (χ0v) is 11.1. The highest BCUT2D eigenvalue weighted by Gasteiger charge is 2.23. The van der Waals surface area contributed by atoms with E-state index >= 15 is 0 Å². The number of likely N-dealkylation sites (tertiary alicyclic amines) is 1. The van der Waals surface area contributed by atoms with Crippen molar-refractivity contribution in [3.05, 3.63) is 36.0 Å². The van der Waals surface area contributed by atoms with Crippen molar-refractivity contribution >= 4 is 16.8 Å². The Labute approximate surface area is 112 Å². The Balaban J connectivity index is 1.82. The van der Waals surface area contributed by atoms with Crippen molar-refractivity contribution in [2.75, 3.05) is 20.1 Å². The molecule has 1 aromatic carbocycles. The molecular weight excluding hydrogens is 238 g/mol. The van der Waals surface area contributed by atoms with E-state index in [-0.39, 0.29) is 5.91 Å². The normalized spacial score (nSPS) is 19.8. The maximum absolute atomic E-state index is 12.5. The molecule has 0 radical (unpaired) electrons. The van der Waals surface area contributed by atoms with Crippen LogP contribution in [-0.2, 0) is 0 Å². The Morgan fingerprint density at radius 1 is 1.42 bits per heavy atom. The zero-order chi connectivity index (χ0) is 13.2. The van der Waals surface area contributed by atoms with Gasteiger partial charge in [0.25, 0.3) is 5.91 Å². The summed E-state index contributed by atoms with van der Waals surface area (Å²) >= 11 is 0. The number of rotatable bonds is 2. The molecule has 19 heavy (non-hydrogen) atoms. The van der Waals surface area contributed by atoms with Gasteiger partial charge in [0.2, 0.25) is 0 Å². The third-order valence-corrected chi connectivity index (χ3v) is 3.92. The van der Waals surface area contributed by atoms with Crippen LogP contribution in [0.3, 0.4) is 0 Å². The van der Waals surface area contributed by atoms with E-state index in [1.807, 2.05) is 42.4 Å². The first-order chi connectivity index (χ1) is 9.28. The molecule has 0 saturated carbocycles. The minimum atomic E-state index is 0.142. The van der Waals surface area contributed by atoms with Gasteiger partial charge in [-0.25, -0.2) is 0 Å². The maximum Gasteiger partial charge on any atom is 0.253 e. The molecule has 1 aromatic heterocycles. The first-order valence-corrected chi connectivity index (χ1v) is 6.81. The van der Waals surface area contributed by atoms with E-state index in [9.17, 15) is 4.79 Å².